The maximum atomic E-state index is 2.62. The molecule has 178 valence electrons. The first-order chi connectivity index (χ1) is 19.4. The largest absolute Gasteiger partial charge is 0.375 e. The molecule has 0 N–H and O–H groups in total. The quantitative estimate of drug-likeness (QED) is 0.210. The van der Waals surface area contributed by atoms with Crippen LogP contribution in [0.3, 0.4) is 0 Å². The van der Waals surface area contributed by atoms with E-state index in [0.717, 1.165) is 0 Å². The fourth-order valence-electron chi connectivity index (χ4n) is 7.72. The lowest BCUT2D eigenvalue weighted by Gasteiger charge is -2.25. The van der Waals surface area contributed by atoms with E-state index >= 15 is 0 Å². The normalized spacial score (nSPS) is 13.1. The zero-order valence-electron chi connectivity index (χ0n) is 21.1. The molecule has 2 aliphatic heterocycles. The van der Waals surface area contributed by atoms with Gasteiger partial charge in [0, 0.05) is 43.8 Å². The number of rotatable bonds is 1. The summed E-state index contributed by atoms with van der Waals surface area (Å²) < 4.78 is 5.05. The molecule has 2 aromatic heterocycles. The summed E-state index contributed by atoms with van der Waals surface area (Å²) in [5.74, 6) is 0. The van der Waals surface area contributed by atoms with Gasteiger partial charge in [0.25, 0.3) is 0 Å². The van der Waals surface area contributed by atoms with Crippen molar-refractivity contribution in [2.75, 3.05) is 0 Å². The van der Waals surface area contributed by atoms with Crippen LogP contribution in [0, 0.1) is 0 Å². The topological polar surface area (TPSA) is 9.86 Å². The van der Waals surface area contributed by atoms with Crippen molar-refractivity contribution in [1.29, 1.82) is 0 Å². The van der Waals surface area contributed by atoms with Crippen LogP contribution in [0.5, 0.6) is 0 Å². The molecule has 8 aromatic rings. The highest BCUT2D eigenvalue weighted by Gasteiger charge is 2.42. The molecule has 0 unspecified atom stereocenters. The van der Waals surface area contributed by atoms with Gasteiger partial charge in [-0.3, -0.25) is 0 Å². The second-order valence-electron chi connectivity index (χ2n) is 10.9. The van der Waals surface area contributed by atoms with Gasteiger partial charge in [0.15, 0.2) is 0 Å². The molecule has 39 heavy (non-hydrogen) atoms. The molecule has 0 radical (unpaired) electrons. The van der Waals surface area contributed by atoms with E-state index in [0.29, 0.717) is 0 Å². The van der Waals surface area contributed by atoms with Crippen molar-refractivity contribution < 1.29 is 0 Å². The van der Waals surface area contributed by atoms with Crippen molar-refractivity contribution in [2.45, 2.75) is 0 Å². The fraction of sp³-hybridized carbons (Fsp3) is 0. The van der Waals surface area contributed by atoms with Crippen LogP contribution in [0.2, 0.25) is 0 Å². The Morgan fingerprint density at radius 1 is 0.462 bits per heavy atom. The molecule has 0 aliphatic carbocycles. The third kappa shape index (κ3) is 2.27. The molecule has 2 nitrogen and oxygen atoms in total. The molecule has 10 rings (SSSR count). The lowest BCUT2D eigenvalue weighted by atomic mass is 9.50. The first kappa shape index (κ1) is 20.0. The van der Waals surface area contributed by atoms with E-state index < -0.39 is 0 Å². The zero-order chi connectivity index (χ0) is 25.2. The van der Waals surface area contributed by atoms with E-state index in [4.69, 9.17) is 0 Å². The number of aromatic nitrogens is 2. The van der Waals surface area contributed by atoms with Crippen LogP contribution >= 0.6 is 0 Å². The average Bonchev–Trinajstić information content (AvgIpc) is 3.63. The van der Waals surface area contributed by atoms with Gasteiger partial charge in [0.05, 0.1) is 11.0 Å². The number of nitrogens with zero attached hydrogens (tertiary/aromatic N) is 2. The lowest BCUT2D eigenvalue weighted by molar-refractivity contribution is 1.18. The Labute approximate surface area is 225 Å². The predicted octanol–water partition coefficient (Wildman–Crippen LogP) is 7.51. The smallest absolute Gasteiger partial charge is 0.330 e. The Kier molecular flexibility index (Phi) is 3.54. The summed E-state index contributed by atoms with van der Waals surface area (Å²) in [6.07, 6.45) is 0. The van der Waals surface area contributed by atoms with Gasteiger partial charge in [0.1, 0.15) is 0 Å². The molecular weight excluding hydrogens is 471 g/mol. The highest BCUT2D eigenvalue weighted by molar-refractivity contribution is 6.91. The molecular formula is C36H21BN2. The minimum atomic E-state index is 0.159. The Balaban J connectivity index is 1.42. The molecule has 6 aromatic carbocycles. The number of benzene rings is 6. The highest BCUT2D eigenvalue weighted by atomic mass is 15.0. The highest BCUT2D eigenvalue weighted by Crippen LogP contribution is 2.45. The van der Waals surface area contributed by atoms with Crippen LogP contribution in [0.25, 0.3) is 71.6 Å². The summed E-state index contributed by atoms with van der Waals surface area (Å²) in [7, 11) is 0. The lowest BCUT2D eigenvalue weighted by Crippen LogP contribution is -2.47. The average molecular weight is 492 g/mol. The zero-order valence-corrected chi connectivity index (χ0v) is 21.1. The minimum Gasteiger partial charge on any atom is -0.375 e. The molecule has 0 spiro atoms. The van der Waals surface area contributed by atoms with E-state index in [1.807, 2.05) is 0 Å². The Morgan fingerprint density at radius 3 is 2.05 bits per heavy atom. The first-order valence-corrected chi connectivity index (χ1v) is 13.7. The molecule has 0 fully saturated rings. The van der Waals surface area contributed by atoms with Gasteiger partial charge >= 0.3 is 6.85 Å². The van der Waals surface area contributed by atoms with E-state index in [-0.39, 0.29) is 6.85 Å². The second kappa shape index (κ2) is 6.89. The van der Waals surface area contributed by atoms with E-state index in [1.165, 1.54) is 82.5 Å². The minimum absolute atomic E-state index is 0.159. The summed E-state index contributed by atoms with van der Waals surface area (Å²) in [6.45, 7) is 0.159. The fourth-order valence-corrected chi connectivity index (χ4v) is 7.72. The van der Waals surface area contributed by atoms with Crippen molar-refractivity contribution in [3.05, 3.63) is 127 Å². The summed E-state index contributed by atoms with van der Waals surface area (Å²) in [4.78, 5) is 0. The molecule has 0 saturated carbocycles. The number of hydrogen-bond acceptors (Lipinski definition) is 0. The summed E-state index contributed by atoms with van der Waals surface area (Å²) >= 11 is 0. The SMILES string of the molecule is c1ccc(-n2c3ccccc3c3c4c(ccc32)B2c3c-4cccc3-c3cccc4c5ccccc5n2c34)cc1. The van der Waals surface area contributed by atoms with Crippen LogP contribution in [0.4, 0.5) is 0 Å². The second-order valence-corrected chi connectivity index (χ2v) is 10.9. The third-order valence-electron chi connectivity index (χ3n) is 9.11. The van der Waals surface area contributed by atoms with Gasteiger partial charge in [0.2, 0.25) is 0 Å². The van der Waals surface area contributed by atoms with E-state index in [9.17, 15) is 0 Å². The van der Waals surface area contributed by atoms with Crippen molar-refractivity contribution in [3.8, 4) is 27.9 Å². The maximum Gasteiger partial charge on any atom is 0.330 e. The van der Waals surface area contributed by atoms with E-state index in [1.54, 1.807) is 0 Å². The Bertz CT molecular complexity index is 2340. The standard InChI is InChI=1S/C36H21BN2/c1-2-10-22(11-3-1)38-30-18-6-5-13-27(30)34-32(38)21-20-29-33(34)28-17-8-14-24-26-16-9-15-25-23-12-4-7-19-31(23)39(36(25)26)37(29)35(24)28/h1-21H. The van der Waals surface area contributed by atoms with Gasteiger partial charge in [-0.2, -0.15) is 0 Å². The molecule has 3 heteroatoms. The number of fused-ring (bicyclic) bond motifs is 12. The molecule has 0 amide bonds. The van der Waals surface area contributed by atoms with Crippen LogP contribution in [0.1, 0.15) is 0 Å². The van der Waals surface area contributed by atoms with Crippen LogP contribution < -0.4 is 10.9 Å². The monoisotopic (exact) mass is 492 g/mol. The summed E-state index contributed by atoms with van der Waals surface area (Å²) in [5, 5.41) is 5.34. The number of para-hydroxylation sites is 4. The third-order valence-corrected chi connectivity index (χ3v) is 9.11. The number of hydrogen-bond donors (Lipinski definition) is 0. The first-order valence-electron chi connectivity index (χ1n) is 13.7. The molecule has 0 atom stereocenters. The maximum absolute atomic E-state index is 2.62. The molecule has 4 heterocycles. The van der Waals surface area contributed by atoms with Gasteiger partial charge in [-0.1, -0.05) is 97.1 Å². The summed E-state index contributed by atoms with van der Waals surface area (Å²) in [5.41, 5.74) is 14.7. The van der Waals surface area contributed by atoms with Gasteiger partial charge < -0.3 is 9.05 Å². The van der Waals surface area contributed by atoms with Crippen molar-refractivity contribution in [3.63, 3.8) is 0 Å². The molecule has 0 saturated heterocycles. The van der Waals surface area contributed by atoms with Gasteiger partial charge in [-0.15, -0.1) is 0 Å². The Hall–Kier alpha value is -5.02. The van der Waals surface area contributed by atoms with Crippen LogP contribution in [0.15, 0.2) is 127 Å². The van der Waals surface area contributed by atoms with Crippen molar-refractivity contribution >= 4 is 61.4 Å². The van der Waals surface area contributed by atoms with Gasteiger partial charge in [-0.25, -0.2) is 0 Å². The molecule has 2 aliphatic rings. The van der Waals surface area contributed by atoms with Crippen molar-refractivity contribution in [2.24, 2.45) is 0 Å². The van der Waals surface area contributed by atoms with Crippen molar-refractivity contribution in [1.82, 2.24) is 9.05 Å². The van der Waals surface area contributed by atoms with Crippen LogP contribution in [-0.4, -0.2) is 15.9 Å². The molecule has 0 bridgehead atoms. The predicted molar refractivity (Wildman–Crippen MR) is 165 cm³/mol. The van der Waals surface area contributed by atoms with Crippen LogP contribution in [-0.2, 0) is 0 Å². The summed E-state index contributed by atoms with van der Waals surface area (Å²) in [6, 6.07) is 47.1. The Morgan fingerprint density at radius 2 is 1.15 bits per heavy atom. The van der Waals surface area contributed by atoms with E-state index in [2.05, 4.69) is 136 Å². The van der Waals surface area contributed by atoms with Gasteiger partial charge in [-0.05, 0) is 57.9 Å².